The van der Waals surface area contributed by atoms with E-state index in [1.807, 2.05) is 10.6 Å². The SMILES string of the molecule is C=CCNC(=NCCn1cnnc1CC)NC(C)c1ccc2ccccc2c1. The third-order valence-corrected chi connectivity index (χ3v) is 4.66. The van der Waals surface area contributed by atoms with Gasteiger partial charge in [0, 0.05) is 19.5 Å². The molecule has 0 spiro atoms. The van der Waals surface area contributed by atoms with E-state index in [1.165, 1.54) is 16.3 Å². The summed E-state index contributed by atoms with van der Waals surface area (Å²) in [5.41, 5.74) is 1.22. The number of guanidine groups is 1. The summed E-state index contributed by atoms with van der Waals surface area (Å²) in [4.78, 5) is 4.71. The Balaban J connectivity index is 1.68. The van der Waals surface area contributed by atoms with E-state index in [2.05, 4.69) is 83.7 Å². The second-order valence-corrected chi connectivity index (χ2v) is 6.67. The van der Waals surface area contributed by atoms with Crippen molar-refractivity contribution in [2.24, 2.45) is 4.99 Å². The molecule has 0 fully saturated rings. The number of aliphatic imine (C=N–C) groups is 1. The Hall–Kier alpha value is -3.15. The molecular weight excluding hydrogens is 348 g/mol. The maximum absolute atomic E-state index is 4.71. The normalized spacial score (nSPS) is 12.7. The van der Waals surface area contributed by atoms with Crippen LogP contribution in [0.5, 0.6) is 0 Å². The van der Waals surface area contributed by atoms with E-state index in [0.717, 1.165) is 24.7 Å². The van der Waals surface area contributed by atoms with Crippen LogP contribution in [0.3, 0.4) is 0 Å². The van der Waals surface area contributed by atoms with E-state index in [-0.39, 0.29) is 6.04 Å². The van der Waals surface area contributed by atoms with E-state index >= 15 is 0 Å². The molecule has 2 aromatic carbocycles. The molecule has 0 saturated heterocycles. The molecule has 146 valence electrons. The van der Waals surface area contributed by atoms with Gasteiger partial charge in [-0.15, -0.1) is 16.8 Å². The number of aromatic nitrogens is 3. The Bertz CT molecular complexity index is 943. The van der Waals surface area contributed by atoms with Gasteiger partial charge in [-0.3, -0.25) is 4.99 Å². The van der Waals surface area contributed by atoms with Gasteiger partial charge in [-0.2, -0.15) is 0 Å². The highest BCUT2D eigenvalue weighted by molar-refractivity contribution is 5.84. The molecule has 3 aromatic rings. The Morgan fingerprint density at radius 1 is 1.25 bits per heavy atom. The minimum atomic E-state index is 0.127. The van der Waals surface area contributed by atoms with Crippen LogP contribution in [0.1, 0.15) is 31.3 Å². The number of hydrogen-bond acceptors (Lipinski definition) is 3. The second kappa shape index (κ2) is 9.69. The van der Waals surface area contributed by atoms with Crippen LogP contribution in [-0.2, 0) is 13.0 Å². The Kier molecular flexibility index (Phi) is 6.78. The van der Waals surface area contributed by atoms with E-state index in [0.29, 0.717) is 13.1 Å². The predicted octanol–water partition coefficient (Wildman–Crippen LogP) is 3.48. The highest BCUT2D eigenvalue weighted by Crippen LogP contribution is 2.20. The zero-order valence-electron chi connectivity index (χ0n) is 16.6. The maximum Gasteiger partial charge on any atom is 0.192 e. The lowest BCUT2D eigenvalue weighted by Crippen LogP contribution is -2.39. The van der Waals surface area contributed by atoms with Gasteiger partial charge in [0.25, 0.3) is 0 Å². The third kappa shape index (κ3) is 4.97. The van der Waals surface area contributed by atoms with Crippen molar-refractivity contribution in [3.63, 3.8) is 0 Å². The fraction of sp³-hybridized carbons (Fsp3) is 0.318. The quantitative estimate of drug-likeness (QED) is 0.359. The fourth-order valence-electron chi connectivity index (χ4n) is 3.10. The van der Waals surface area contributed by atoms with Crippen LogP contribution < -0.4 is 10.6 Å². The zero-order valence-corrected chi connectivity index (χ0v) is 16.6. The van der Waals surface area contributed by atoms with Gasteiger partial charge < -0.3 is 15.2 Å². The first-order valence-corrected chi connectivity index (χ1v) is 9.72. The smallest absolute Gasteiger partial charge is 0.192 e. The Morgan fingerprint density at radius 2 is 2.07 bits per heavy atom. The molecule has 1 unspecified atom stereocenters. The number of nitrogens with one attached hydrogen (secondary N) is 2. The monoisotopic (exact) mass is 376 g/mol. The van der Waals surface area contributed by atoms with Crippen LogP contribution in [0.4, 0.5) is 0 Å². The highest BCUT2D eigenvalue weighted by atomic mass is 15.3. The van der Waals surface area contributed by atoms with E-state index in [4.69, 9.17) is 4.99 Å². The van der Waals surface area contributed by atoms with Crippen molar-refractivity contribution in [3.05, 3.63) is 72.8 Å². The van der Waals surface area contributed by atoms with Crippen molar-refractivity contribution in [2.45, 2.75) is 32.9 Å². The van der Waals surface area contributed by atoms with Crippen LogP contribution in [-0.4, -0.2) is 33.8 Å². The highest BCUT2D eigenvalue weighted by Gasteiger charge is 2.09. The summed E-state index contributed by atoms with van der Waals surface area (Å²) in [6.07, 6.45) is 4.45. The number of hydrogen-bond donors (Lipinski definition) is 2. The molecule has 0 radical (unpaired) electrons. The summed E-state index contributed by atoms with van der Waals surface area (Å²) in [5, 5.41) is 17.4. The third-order valence-electron chi connectivity index (χ3n) is 4.66. The first kappa shape index (κ1) is 19.6. The van der Waals surface area contributed by atoms with Gasteiger partial charge in [-0.05, 0) is 29.3 Å². The summed E-state index contributed by atoms with van der Waals surface area (Å²) >= 11 is 0. The largest absolute Gasteiger partial charge is 0.353 e. The molecule has 0 aliphatic rings. The van der Waals surface area contributed by atoms with Gasteiger partial charge in [0.15, 0.2) is 5.96 Å². The van der Waals surface area contributed by atoms with Crippen LogP contribution in [0, 0.1) is 0 Å². The molecule has 1 aromatic heterocycles. The number of rotatable bonds is 8. The summed E-state index contributed by atoms with van der Waals surface area (Å²) in [6.45, 7) is 10.1. The minimum absolute atomic E-state index is 0.127. The van der Waals surface area contributed by atoms with Crippen LogP contribution >= 0.6 is 0 Å². The van der Waals surface area contributed by atoms with E-state index in [1.54, 1.807) is 6.33 Å². The topological polar surface area (TPSA) is 67.1 Å². The lowest BCUT2D eigenvalue weighted by molar-refractivity contribution is 0.651. The van der Waals surface area contributed by atoms with Crippen molar-refractivity contribution in [1.82, 2.24) is 25.4 Å². The van der Waals surface area contributed by atoms with E-state index in [9.17, 15) is 0 Å². The predicted molar refractivity (Wildman–Crippen MR) is 115 cm³/mol. The molecule has 0 aliphatic heterocycles. The summed E-state index contributed by atoms with van der Waals surface area (Å²) in [6, 6.07) is 15.1. The van der Waals surface area contributed by atoms with E-state index < -0.39 is 0 Å². The number of benzene rings is 2. The molecule has 1 atom stereocenters. The van der Waals surface area contributed by atoms with Gasteiger partial charge in [0.1, 0.15) is 12.2 Å². The average molecular weight is 377 g/mol. The number of nitrogens with zero attached hydrogens (tertiary/aromatic N) is 4. The van der Waals surface area contributed by atoms with Crippen molar-refractivity contribution in [1.29, 1.82) is 0 Å². The van der Waals surface area contributed by atoms with Gasteiger partial charge in [0.2, 0.25) is 0 Å². The molecule has 0 aliphatic carbocycles. The first-order chi connectivity index (χ1) is 13.7. The van der Waals surface area contributed by atoms with Gasteiger partial charge >= 0.3 is 0 Å². The van der Waals surface area contributed by atoms with Crippen molar-refractivity contribution in [2.75, 3.05) is 13.1 Å². The molecule has 28 heavy (non-hydrogen) atoms. The van der Waals surface area contributed by atoms with Crippen LogP contribution in [0.2, 0.25) is 0 Å². The molecule has 6 nitrogen and oxygen atoms in total. The molecule has 0 saturated carbocycles. The summed E-state index contributed by atoms with van der Waals surface area (Å²) in [7, 11) is 0. The first-order valence-electron chi connectivity index (χ1n) is 9.72. The van der Waals surface area contributed by atoms with Crippen LogP contribution in [0.25, 0.3) is 10.8 Å². The molecule has 0 bridgehead atoms. The molecule has 2 N–H and O–H groups in total. The molecule has 3 rings (SSSR count). The van der Waals surface area contributed by atoms with Crippen molar-refractivity contribution < 1.29 is 0 Å². The number of fused-ring (bicyclic) bond motifs is 1. The minimum Gasteiger partial charge on any atom is -0.353 e. The summed E-state index contributed by atoms with van der Waals surface area (Å²) < 4.78 is 2.04. The van der Waals surface area contributed by atoms with Crippen molar-refractivity contribution in [3.8, 4) is 0 Å². The number of aryl methyl sites for hydroxylation is 1. The second-order valence-electron chi connectivity index (χ2n) is 6.67. The molecule has 1 heterocycles. The lowest BCUT2D eigenvalue weighted by Gasteiger charge is -2.19. The molecule has 6 heteroatoms. The standard InChI is InChI=1S/C22H28N6/c1-4-12-23-22(24-13-14-28-16-25-27-21(28)5-2)26-17(3)19-11-10-18-8-6-7-9-20(18)15-19/h4,6-11,15-17H,1,5,12-14H2,2-3H3,(H2,23,24,26). The fourth-order valence-corrected chi connectivity index (χ4v) is 3.10. The lowest BCUT2D eigenvalue weighted by atomic mass is 10.0. The average Bonchev–Trinajstić information content (AvgIpc) is 3.19. The Morgan fingerprint density at radius 3 is 2.86 bits per heavy atom. The maximum atomic E-state index is 4.71. The molecular formula is C22H28N6. The van der Waals surface area contributed by atoms with Gasteiger partial charge in [-0.25, -0.2) is 0 Å². The summed E-state index contributed by atoms with van der Waals surface area (Å²) in [5.74, 6) is 1.75. The van der Waals surface area contributed by atoms with Crippen molar-refractivity contribution >= 4 is 16.7 Å². The van der Waals surface area contributed by atoms with Gasteiger partial charge in [-0.1, -0.05) is 49.4 Å². The zero-order chi connectivity index (χ0) is 19.8. The van der Waals surface area contributed by atoms with Gasteiger partial charge in [0.05, 0.1) is 12.6 Å². The molecule has 0 amide bonds. The Labute approximate surface area is 166 Å². The van der Waals surface area contributed by atoms with Crippen LogP contribution in [0.15, 0.2) is 66.4 Å².